The lowest BCUT2D eigenvalue weighted by Crippen LogP contribution is -2.29. The molecule has 0 atom stereocenters. The van der Waals surface area contributed by atoms with E-state index in [9.17, 15) is 8.42 Å². The van der Waals surface area contributed by atoms with Crippen LogP contribution < -0.4 is 10.5 Å². The van der Waals surface area contributed by atoms with Gasteiger partial charge in [0, 0.05) is 5.69 Å². The van der Waals surface area contributed by atoms with E-state index in [0.717, 1.165) is 16.1 Å². The summed E-state index contributed by atoms with van der Waals surface area (Å²) in [5.74, 6) is -0.392. The number of rotatable bonds is 2. The topological polar surface area (TPSA) is 95.7 Å². The molecule has 0 fully saturated rings. The maximum atomic E-state index is 11.5. The van der Waals surface area contributed by atoms with Gasteiger partial charge in [0.25, 0.3) is 0 Å². The smallest absolute Gasteiger partial charge is 0.326 e. The molecule has 0 amide bonds. The van der Waals surface area contributed by atoms with Gasteiger partial charge in [-0.3, -0.25) is 4.31 Å². The van der Waals surface area contributed by atoms with E-state index in [1.807, 2.05) is 17.7 Å². The molecular formula is C10H13N3O3S. The van der Waals surface area contributed by atoms with E-state index >= 15 is 0 Å². The Morgan fingerprint density at radius 1 is 1.47 bits per heavy atom. The third-order valence-corrected chi connectivity index (χ3v) is 3.87. The van der Waals surface area contributed by atoms with Crippen LogP contribution in [0.5, 0.6) is 0 Å². The van der Waals surface area contributed by atoms with Crippen LogP contribution in [0, 0.1) is 6.92 Å². The zero-order valence-electron chi connectivity index (χ0n) is 9.21. The molecule has 0 aliphatic carbocycles. The predicted octanol–water partition coefficient (Wildman–Crippen LogP) is 0.584. The van der Waals surface area contributed by atoms with Crippen LogP contribution in [0.1, 0.15) is 11.1 Å². The van der Waals surface area contributed by atoms with Crippen molar-refractivity contribution >= 4 is 15.9 Å². The number of nitrogens with one attached hydrogen (secondary N) is 1. The summed E-state index contributed by atoms with van der Waals surface area (Å²) in [5, 5.41) is 9.14. The molecule has 17 heavy (non-hydrogen) atoms. The lowest BCUT2D eigenvalue weighted by molar-refractivity contribution is 0.390. The summed E-state index contributed by atoms with van der Waals surface area (Å²) in [6.07, 6.45) is 1.12. The molecule has 1 aromatic carbocycles. The molecule has 0 radical (unpaired) electrons. The van der Waals surface area contributed by atoms with Crippen molar-refractivity contribution in [2.75, 3.05) is 5.73 Å². The molecule has 7 heteroatoms. The zero-order valence-corrected chi connectivity index (χ0v) is 10.0. The van der Waals surface area contributed by atoms with Crippen molar-refractivity contribution in [2.24, 2.45) is 0 Å². The number of nitrogens with two attached hydrogens (primary N) is 1. The van der Waals surface area contributed by atoms with Gasteiger partial charge in [-0.1, -0.05) is 18.2 Å². The van der Waals surface area contributed by atoms with Gasteiger partial charge in [-0.05, 0) is 18.1 Å². The van der Waals surface area contributed by atoms with Gasteiger partial charge >= 0.3 is 10.2 Å². The Labute approximate surface area is 99.5 Å². The van der Waals surface area contributed by atoms with Crippen LogP contribution in [0.3, 0.4) is 0 Å². The molecule has 4 N–H and O–H groups in total. The second-order valence-corrected chi connectivity index (χ2v) is 5.44. The minimum atomic E-state index is -3.68. The molecular weight excluding hydrogens is 242 g/mol. The normalized spacial score (nSPS) is 17.7. The monoisotopic (exact) mass is 255 g/mol. The Hall–Kier alpha value is -1.89. The number of nitrogens with zero attached hydrogens (tertiary/aromatic N) is 1. The fourth-order valence-electron chi connectivity index (χ4n) is 1.60. The summed E-state index contributed by atoms with van der Waals surface area (Å²) < 4.78 is 26.0. The van der Waals surface area contributed by atoms with Crippen molar-refractivity contribution in [1.29, 1.82) is 0 Å². The van der Waals surface area contributed by atoms with Gasteiger partial charge in [0.2, 0.25) is 5.88 Å². The molecule has 0 aromatic heterocycles. The van der Waals surface area contributed by atoms with Gasteiger partial charge in [0.05, 0.1) is 12.7 Å². The number of aliphatic hydroxyl groups excluding tert-OH is 1. The number of benzene rings is 1. The summed E-state index contributed by atoms with van der Waals surface area (Å²) in [6.45, 7) is 1.94. The highest BCUT2D eigenvalue weighted by Gasteiger charge is 2.27. The van der Waals surface area contributed by atoms with E-state index < -0.39 is 16.1 Å². The summed E-state index contributed by atoms with van der Waals surface area (Å²) in [6, 6.07) is 5.41. The van der Waals surface area contributed by atoms with E-state index in [0.29, 0.717) is 11.3 Å². The first-order valence-electron chi connectivity index (χ1n) is 4.94. The van der Waals surface area contributed by atoms with Crippen LogP contribution in [0.25, 0.3) is 0 Å². The van der Waals surface area contributed by atoms with E-state index in [4.69, 9.17) is 10.8 Å². The Balaban J connectivity index is 2.31. The SMILES string of the molecule is Cc1cccc(CN2C=C(O)NS2(=O)=O)c1N. The van der Waals surface area contributed by atoms with E-state index in [1.165, 1.54) is 0 Å². The molecule has 1 aliphatic rings. The minimum absolute atomic E-state index is 0.0902. The number of hydrogen-bond donors (Lipinski definition) is 3. The number of nitrogen functional groups attached to an aromatic ring is 1. The van der Waals surface area contributed by atoms with Crippen molar-refractivity contribution in [3.63, 3.8) is 0 Å². The highest BCUT2D eigenvalue weighted by Crippen LogP contribution is 2.21. The van der Waals surface area contributed by atoms with Gasteiger partial charge < -0.3 is 10.8 Å². The molecule has 2 rings (SSSR count). The second kappa shape index (κ2) is 3.85. The van der Waals surface area contributed by atoms with Crippen molar-refractivity contribution < 1.29 is 13.5 Å². The van der Waals surface area contributed by atoms with Crippen LogP contribution in [-0.2, 0) is 16.8 Å². The zero-order chi connectivity index (χ0) is 12.6. The van der Waals surface area contributed by atoms with Crippen LogP contribution in [0.4, 0.5) is 5.69 Å². The first-order chi connectivity index (χ1) is 7.90. The molecule has 92 valence electrons. The summed E-state index contributed by atoms with van der Waals surface area (Å²) in [4.78, 5) is 0. The Morgan fingerprint density at radius 3 is 2.76 bits per heavy atom. The minimum Gasteiger partial charge on any atom is -0.493 e. The fraction of sp³-hybridized carbons (Fsp3) is 0.200. The van der Waals surface area contributed by atoms with E-state index in [2.05, 4.69) is 0 Å². The molecule has 1 aromatic rings. The highest BCUT2D eigenvalue weighted by molar-refractivity contribution is 7.87. The molecule has 0 bridgehead atoms. The second-order valence-electron chi connectivity index (χ2n) is 3.81. The highest BCUT2D eigenvalue weighted by atomic mass is 32.2. The van der Waals surface area contributed by atoms with Crippen LogP contribution in [0.2, 0.25) is 0 Å². The third kappa shape index (κ3) is 2.14. The van der Waals surface area contributed by atoms with E-state index in [1.54, 1.807) is 12.1 Å². The quantitative estimate of drug-likeness (QED) is 0.674. The fourth-order valence-corrected chi connectivity index (χ4v) is 2.58. The number of aliphatic hydroxyl groups is 1. The number of para-hydroxylation sites is 1. The van der Waals surface area contributed by atoms with Gasteiger partial charge in [-0.2, -0.15) is 8.42 Å². The first kappa shape index (κ1) is 11.6. The summed E-state index contributed by atoms with van der Waals surface area (Å²) in [5.41, 5.74) is 8.00. The lowest BCUT2D eigenvalue weighted by Gasteiger charge is -2.15. The van der Waals surface area contributed by atoms with Gasteiger partial charge in [-0.25, -0.2) is 4.72 Å². The molecule has 0 saturated carbocycles. The Morgan fingerprint density at radius 2 is 2.18 bits per heavy atom. The average Bonchev–Trinajstić information content (AvgIpc) is 2.47. The molecule has 0 spiro atoms. The maximum absolute atomic E-state index is 11.5. The van der Waals surface area contributed by atoms with E-state index in [-0.39, 0.29) is 6.54 Å². The van der Waals surface area contributed by atoms with Gasteiger partial charge in [0.15, 0.2) is 0 Å². The summed E-state index contributed by atoms with van der Waals surface area (Å²) >= 11 is 0. The molecule has 6 nitrogen and oxygen atoms in total. The summed E-state index contributed by atoms with van der Waals surface area (Å²) in [7, 11) is -3.68. The molecule has 0 unspecified atom stereocenters. The largest absolute Gasteiger partial charge is 0.493 e. The molecule has 1 heterocycles. The van der Waals surface area contributed by atoms with Gasteiger partial charge in [-0.15, -0.1) is 0 Å². The Kier molecular flexibility index (Phi) is 2.62. The first-order valence-corrected chi connectivity index (χ1v) is 6.38. The van der Waals surface area contributed by atoms with Crippen molar-refractivity contribution in [2.45, 2.75) is 13.5 Å². The number of anilines is 1. The van der Waals surface area contributed by atoms with Crippen molar-refractivity contribution in [1.82, 2.24) is 9.03 Å². The lowest BCUT2D eigenvalue weighted by atomic mass is 10.1. The Bertz CT molecular complexity index is 580. The maximum Gasteiger partial charge on any atom is 0.326 e. The molecule has 1 aliphatic heterocycles. The van der Waals surface area contributed by atoms with Crippen molar-refractivity contribution in [3.05, 3.63) is 41.4 Å². The van der Waals surface area contributed by atoms with Crippen LogP contribution >= 0.6 is 0 Å². The van der Waals surface area contributed by atoms with Crippen LogP contribution in [-0.4, -0.2) is 17.8 Å². The predicted molar refractivity (Wildman–Crippen MR) is 63.9 cm³/mol. The molecule has 0 saturated heterocycles. The number of aryl methyl sites for hydroxylation is 1. The van der Waals surface area contributed by atoms with Crippen LogP contribution in [0.15, 0.2) is 30.3 Å². The number of hydrogen-bond acceptors (Lipinski definition) is 4. The van der Waals surface area contributed by atoms with Gasteiger partial charge in [0.1, 0.15) is 0 Å². The third-order valence-electron chi connectivity index (χ3n) is 2.55. The average molecular weight is 255 g/mol. The standard InChI is InChI=1S/C10H13N3O3S/c1-7-3-2-4-8(10(7)11)5-13-6-9(14)12-17(13,15)16/h2-4,6,12,14H,5,11H2,1H3. The van der Waals surface area contributed by atoms with Crippen molar-refractivity contribution in [3.8, 4) is 0 Å².